The molecule has 18 heavy (non-hydrogen) atoms. The van der Waals surface area contributed by atoms with Crippen molar-refractivity contribution in [2.45, 2.75) is 12.8 Å². The number of benzene rings is 1. The Morgan fingerprint density at radius 3 is 2.78 bits per heavy atom. The lowest BCUT2D eigenvalue weighted by atomic mass is 10.2. The number of nitro groups is 1. The van der Waals surface area contributed by atoms with Crippen molar-refractivity contribution in [2.75, 3.05) is 31.0 Å². The van der Waals surface area contributed by atoms with E-state index >= 15 is 0 Å². The smallest absolute Gasteiger partial charge is 0.275 e. The maximum atomic E-state index is 10.8. The molecule has 0 bridgehead atoms. The molecular formula is C12H18N2O3S. The number of nitro benzene ring substituents is 1. The quantitative estimate of drug-likeness (QED) is 0.446. The SMILES string of the molecule is COc1cc(NCCCCSC)cc([N+](=O)[O-])c1. The van der Waals surface area contributed by atoms with Crippen LogP contribution in [0.1, 0.15) is 12.8 Å². The normalized spacial score (nSPS) is 10.1. The highest BCUT2D eigenvalue weighted by atomic mass is 32.2. The van der Waals surface area contributed by atoms with Gasteiger partial charge in [0.25, 0.3) is 5.69 Å². The van der Waals surface area contributed by atoms with Crippen molar-refractivity contribution in [1.82, 2.24) is 0 Å². The van der Waals surface area contributed by atoms with Gasteiger partial charge in [-0.2, -0.15) is 11.8 Å². The number of non-ortho nitro benzene ring substituents is 1. The number of ether oxygens (including phenoxy) is 1. The second-order valence-electron chi connectivity index (χ2n) is 3.80. The fourth-order valence-corrected chi connectivity index (χ4v) is 2.01. The Balaban J connectivity index is 2.58. The summed E-state index contributed by atoms with van der Waals surface area (Å²) in [4.78, 5) is 10.3. The minimum Gasteiger partial charge on any atom is -0.496 e. The monoisotopic (exact) mass is 270 g/mol. The molecule has 0 aromatic heterocycles. The molecule has 0 amide bonds. The van der Waals surface area contributed by atoms with E-state index < -0.39 is 4.92 Å². The molecule has 0 saturated carbocycles. The van der Waals surface area contributed by atoms with Crippen LogP contribution >= 0.6 is 11.8 Å². The molecule has 0 radical (unpaired) electrons. The predicted octanol–water partition coefficient (Wildman–Crippen LogP) is 3.16. The number of hydrogen-bond donors (Lipinski definition) is 1. The summed E-state index contributed by atoms with van der Waals surface area (Å²) in [5.74, 6) is 1.63. The number of hydrogen-bond acceptors (Lipinski definition) is 5. The van der Waals surface area contributed by atoms with E-state index in [1.54, 1.807) is 6.07 Å². The van der Waals surface area contributed by atoms with E-state index in [0.29, 0.717) is 5.75 Å². The molecule has 0 heterocycles. The first-order chi connectivity index (χ1) is 8.67. The van der Waals surface area contributed by atoms with Crippen molar-refractivity contribution in [3.63, 3.8) is 0 Å². The highest BCUT2D eigenvalue weighted by Gasteiger charge is 2.09. The lowest BCUT2D eigenvalue weighted by Gasteiger charge is -2.08. The van der Waals surface area contributed by atoms with Gasteiger partial charge in [0.1, 0.15) is 5.75 Å². The highest BCUT2D eigenvalue weighted by molar-refractivity contribution is 7.98. The maximum absolute atomic E-state index is 10.8. The standard InChI is InChI=1S/C12H18N2O3S/c1-17-12-8-10(7-11(9-12)14(15)16)13-5-3-4-6-18-2/h7-9,13H,3-6H2,1-2H3. The fraction of sp³-hybridized carbons (Fsp3) is 0.500. The molecule has 5 nitrogen and oxygen atoms in total. The summed E-state index contributed by atoms with van der Waals surface area (Å²) in [7, 11) is 1.50. The van der Waals surface area contributed by atoms with E-state index in [1.165, 1.54) is 19.2 Å². The summed E-state index contributed by atoms with van der Waals surface area (Å²) < 4.78 is 5.04. The Morgan fingerprint density at radius 1 is 1.39 bits per heavy atom. The molecule has 1 aromatic carbocycles. The van der Waals surface area contributed by atoms with Crippen LogP contribution in [0.2, 0.25) is 0 Å². The molecule has 1 aromatic rings. The first kappa shape index (κ1) is 14.6. The third kappa shape index (κ3) is 4.83. The summed E-state index contributed by atoms with van der Waals surface area (Å²) in [5, 5.41) is 13.9. The second kappa shape index (κ2) is 7.81. The molecule has 1 N–H and O–H groups in total. The molecule has 0 spiro atoms. The summed E-state index contributed by atoms with van der Waals surface area (Å²) >= 11 is 1.82. The van der Waals surface area contributed by atoms with Gasteiger partial charge in [-0.05, 0) is 24.9 Å². The number of unbranched alkanes of at least 4 members (excludes halogenated alkanes) is 1. The molecule has 100 valence electrons. The van der Waals surface area contributed by atoms with Gasteiger partial charge in [-0.15, -0.1) is 0 Å². The van der Waals surface area contributed by atoms with Crippen LogP contribution in [0.5, 0.6) is 5.75 Å². The molecule has 0 aliphatic rings. The van der Waals surface area contributed by atoms with Gasteiger partial charge in [-0.3, -0.25) is 10.1 Å². The van der Waals surface area contributed by atoms with E-state index in [2.05, 4.69) is 11.6 Å². The molecule has 0 fully saturated rings. The Labute approximate surface area is 111 Å². The summed E-state index contributed by atoms with van der Waals surface area (Å²) in [6.45, 7) is 0.810. The van der Waals surface area contributed by atoms with E-state index in [0.717, 1.165) is 30.8 Å². The summed E-state index contributed by atoms with van der Waals surface area (Å²) in [5.41, 5.74) is 0.770. The molecule has 0 atom stereocenters. The Hall–Kier alpha value is -1.43. The number of methoxy groups -OCH3 is 1. The third-order valence-electron chi connectivity index (χ3n) is 2.44. The number of nitrogens with zero attached hydrogens (tertiary/aromatic N) is 1. The van der Waals surface area contributed by atoms with E-state index in [1.807, 2.05) is 11.8 Å². The summed E-state index contributed by atoms with van der Waals surface area (Å²) in [6, 6.07) is 4.71. The number of thioether (sulfide) groups is 1. The molecule has 0 unspecified atom stereocenters. The molecule has 6 heteroatoms. The van der Waals surface area contributed by atoms with Gasteiger partial charge < -0.3 is 10.1 Å². The van der Waals surface area contributed by atoms with Crippen LogP contribution in [0.4, 0.5) is 11.4 Å². The van der Waals surface area contributed by atoms with Gasteiger partial charge in [0.2, 0.25) is 0 Å². The van der Waals surface area contributed by atoms with Crippen molar-refractivity contribution in [2.24, 2.45) is 0 Å². The van der Waals surface area contributed by atoms with Gasteiger partial charge in [0, 0.05) is 24.4 Å². The topological polar surface area (TPSA) is 64.4 Å². The fourth-order valence-electron chi connectivity index (χ4n) is 1.51. The van der Waals surface area contributed by atoms with Gasteiger partial charge in [0.15, 0.2) is 0 Å². The van der Waals surface area contributed by atoms with Crippen molar-refractivity contribution >= 4 is 23.1 Å². The van der Waals surface area contributed by atoms with Crippen molar-refractivity contribution in [1.29, 1.82) is 0 Å². The lowest BCUT2D eigenvalue weighted by molar-refractivity contribution is -0.384. The van der Waals surface area contributed by atoms with Crippen LogP contribution in [0, 0.1) is 10.1 Å². The number of anilines is 1. The predicted molar refractivity (Wildman–Crippen MR) is 75.8 cm³/mol. The third-order valence-corrected chi connectivity index (χ3v) is 3.14. The molecule has 0 aliphatic heterocycles. The Kier molecular flexibility index (Phi) is 6.35. The zero-order valence-corrected chi connectivity index (χ0v) is 11.5. The van der Waals surface area contributed by atoms with Gasteiger partial charge in [-0.25, -0.2) is 0 Å². The summed E-state index contributed by atoms with van der Waals surface area (Å²) in [6.07, 6.45) is 4.27. The van der Waals surface area contributed by atoms with Crippen LogP contribution in [-0.2, 0) is 0 Å². The lowest BCUT2D eigenvalue weighted by Crippen LogP contribution is -2.03. The van der Waals surface area contributed by atoms with Crippen molar-refractivity contribution in [3.05, 3.63) is 28.3 Å². The van der Waals surface area contributed by atoms with Gasteiger partial charge >= 0.3 is 0 Å². The minimum absolute atomic E-state index is 0.0426. The molecule has 0 saturated heterocycles. The Bertz CT molecular complexity index is 399. The van der Waals surface area contributed by atoms with E-state index in [9.17, 15) is 10.1 Å². The van der Waals surface area contributed by atoms with Crippen LogP contribution in [0.15, 0.2) is 18.2 Å². The molecular weight excluding hydrogens is 252 g/mol. The highest BCUT2D eigenvalue weighted by Crippen LogP contribution is 2.25. The largest absolute Gasteiger partial charge is 0.496 e. The van der Waals surface area contributed by atoms with Crippen LogP contribution in [-0.4, -0.2) is 30.6 Å². The first-order valence-electron chi connectivity index (χ1n) is 5.73. The second-order valence-corrected chi connectivity index (χ2v) is 4.79. The van der Waals surface area contributed by atoms with Crippen LogP contribution in [0.25, 0.3) is 0 Å². The minimum atomic E-state index is -0.415. The van der Waals surface area contributed by atoms with E-state index in [4.69, 9.17) is 4.74 Å². The first-order valence-corrected chi connectivity index (χ1v) is 7.13. The average molecular weight is 270 g/mol. The van der Waals surface area contributed by atoms with Crippen LogP contribution < -0.4 is 10.1 Å². The number of rotatable bonds is 8. The van der Waals surface area contributed by atoms with Crippen LogP contribution in [0.3, 0.4) is 0 Å². The zero-order valence-electron chi connectivity index (χ0n) is 10.6. The Morgan fingerprint density at radius 2 is 2.17 bits per heavy atom. The van der Waals surface area contributed by atoms with Crippen molar-refractivity contribution < 1.29 is 9.66 Å². The van der Waals surface area contributed by atoms with Crippen molar-refractivity contribution in [3.8, 4) is 5.75 Å². The zero-order chi connectivity index (χ0) is 13.4. The molecule has 0 aliphatic carbocycles. The molecule has 1 rings (SSSR count). The van der Waals surface area contributed by atoms with Gasteiger partial charge in [0.05, 0.1) is 18.1 Å². The van der Waals surface area contributed by atoms with Gasteiger partial charge in [-0.1, -0.05) is 0 Å². The van der Waals surface area contributed by atoms with E-state index in [-0.39, 0.29) is 5.69 Å². The average Bonchev–Trinajstić information content (AvgIpc) is 2.38. The maximum Gasteiger partial charge on any atom is 0.275 e. The number of nitrogens with one attached hydrogen (secondary N) is 1.